The van der Waals surface area contributed by atoms with E-state index in [4.69, 9.17) is 9.47 Å². The minimum Gasteiger partial charge on any atom is -0.464 e. The first-order valence-electron chi connectivity index (χ1n) is 8.31. The summed E-state index contributed by atoms with van der Waals surface area (Å²) in [5.74, 6) is -0.418. The second-order valence-corrected chi connectivity index (χ2v) is 5.34. The van der Waals surface area contributed by atoms with Crippen LogP contribution in [-0.2, 0) is 20.7 Å². The molecule has 0 spiro atoms. The van der Waals surface area contributed by atoms with Gasteiger partial charge in [-0.1, -0.05) is 56.5 Å². The number of amides is 1. The van der Waals surface area contributed by atoms with Crippen molar-refractivity contribution in [2.45, 2.75) is 52.0 Å². The molecule has 128 valence electrons. The van der Waals surface area contributed by atoms with Crippen LogP contribution in [0.15, 0.2) is 30.3 Å². The van der Waals surface area contributed by atoms with Crippen molar-refractivity contribution in [2.24, 2.45) is 0 Å². The van der Waals surface area contributed by atoms with Crippen LogP contribution in [0.2, 0.25) is 0 Å². The predicted octanol–water partition coefficient (Wildman–Crippen LogP) is 3.47. The summed E-state index contributed by atoms with van der Waals surface area (Å²) < 4.78 is 10.2. The van der Waals surface area contributed by atoms with Crippen LogP contribution in [0.1, 0.15) is 45.1 Å². The van der Waals surface area contributed by atoms with Gasteiger partial charge >= 0.3 is 12.1 Å². The van der Waals surface area contributed by atoms with Gasteiger partial charge in [0.1, 0.15) is 6.04 Å². The van der Waals surface area contributed by atoms with E-state index in [-0.39, 0.29) is 6.61 Å². The lowest BCUT2D eigenvalue weighted by Gasteiger charge is -2.17. The van der Waals surface area contributed by atoms with Gasteiger partial charge in [0.05, 0.1) is 13.2 Å². The van der Waals surface area contributed by atoms with E-state index in [1.807, 2.05) is 30.3 Å². The molecule has 0 radical (unpaired) electrons. The lowest BCUT2D eigenvalue weighted by Crippen LogP contribution is -2.43. The molecular formula is C18H27NO4. The average molecular weight is 321 g/mol. The fourth-order valence-corrected chi connectivity index (χ4v) is 2.16. The number of unbranched alkanes of at least 4 members (excludes halogenated alkanes) is 3. The molecule has 0 aliphatic heterocycles. The molecule has 0 saturated heterocycles. The zero-order valence-electron chi connectivity index (χ0n) is 14.0. The highest BCUT2D eigenvalue weighted by Crippen LogP contribution is 2.06. The smallest absolute Gasteiger partial charge is 0.407 e. The fraction of sp³-hybridized carbons (Fsp3) is 0.556. The van der Waals surface area contributed by atoms with Crippen molar-refractivity contribution in [2.75, 3.05) is 13.2 Å². The SMILES string of the molecule is CCCCCCOC(=O)C(Cc1ccccc1)NC(=O)OCC. The molecule has 0 saturated carbocycles. The number of hydrogen-bond acceptors (Lipinski definition) is 4. The highest BCUT2D eigenvalue weighted by molar-refractivity contribution is 5.81. The minimum absolute atomic E-state index is 0.260. The van der Waals surface area contributed by atoms with Gasteiger partial charge in [-0.25, -0.2) is 9.59 Å². The van der Waals surface area contributed by atoms with Crippen molar-refractivity contribution in [1.29, 1.82) is 0 Å². The first-order valence-corrected chi connectivity index (χ1v) is 8.31. The standard InChI is InChI=1S/C18H27NO4/c1-3-5-6-10-13-23-17(20)16(19-18(21)22-4-2)14-15-11-8-7-9-12-15/h7-9,11-12,16H,3-6,10,13-14H2,1-2H3,(H,19,21). The quantitative estimate of drug-likeness (QED) is 0.529. The van der Waals surface area contributed by atoms with Gasteiger partial charge in [-0.15, -0.1) is 0 Å². The molecule has 5 nitrogen and oxygen atoms in total. The first kappa shape index (κ1) is 19.0. The monoisotopic (exact) mass is 321 g/mol. The van der Waals surface area contributed by atoms with Crippen LogP contribution in [0.3, 0.4) is 0 Å². The Kier molecular flexibility index (Phi) is 9.52. The molecule has 0 bridgehead atoms. The molecule has 1 unspecified atom stereocenters. The minimum atomic E-state index is -0.734. The summed E-state index contributed by atoms with van der Waals surface area (Å²) in [5.41, 5.74) is 0.956. The van der Waals surface area contributed by atoms with E-state index in [9.17, 15) is 9.59 Å². The average Bonchev–Trinajstić information content (AvgIpc) is 2.55. The third kappa shape index (κ3) is 8.24. The summed E-state index contributed by atoms with van der Waals surface area (Å²) in [7, 11) is 0. The number of nitrogens with one attached hydrogen (secondary N) is 1. The summed E-state index contributed by atoms with van der Waals surface area (Å²) in [6.07, 6.45) is 3.93. The summed E-state index contributed by atoms with van der Waals surface area (Å²) in [4.78, 5) is 23.8. The number of benzene rings is 1. The van der Waals surface area contributed by atoms with Gasteiger partial charge in [-0.2, -0.15) is 0 Å². The van der Waals surface area contributed by atoms with Gasteiger partial charge in [0, 0.05) is 6.42 Å². The third-order valence-corrected chi connectivity index (χ3v) is 3.38. The molecule has 1 aromatic carbocycles. The van der Waals surface area contributed by atoms with E-state index < -0.39 is 18.1 Å². The van der Waals surface area contributed by atoms with Crippen molar-refractivity contribution in [3.05, 3.63) is 35.9 Å². The Labute approximate surface area is 138 Å². The Balaban J connectivity index is 2.55. The second kappa shape index (κ2) is 11.5. The van der Waals surface area contributed by atoms with Crippen molar-refractivity contribution in [3.8, 4) is 0 Å². The molecule has 0 aliphatic carbocycles. The van der Waals surface area contributed by atoms with Crippen molar-refractivity contribution < 1.29 is 19.1 Å². The molecule has 1 aromatic rings. The van der Waals surface area contributed by atoms with Gasteiger partial charge < -0.3 is 14.8 Å². The maximum atomic E-state index is 12.2. The Morgan fingerprint density at radius 2 is 1.78 bits per heavy atom. The maximum Gasteiger partial charge on any atom is 0.407 e. The maximum absolute atomic E-state index is 12.2. The molecule has 1 rings (SSSR count). The molecular weight excluding hydrogens is 294 g/mol. The number of carbonyl (C=O) groups is 2. The Hall–Kier alpha value is -2.04. The number of rotatable bonds is 10. The van der Waals surface area contributed by atoms with Gasteiger partial charge in [0.2, 0.25) is 0 Å². The van der Waals surface area contributed by atoms with Crippen LogP contribution in [-0.4, -0.2) is 31.3 Å². The second-order valence-electron chi connectivity index (χ2n) is 5.34. The number of ether oxygens (including phenoxy) is 2. The normalized spacial score (nSPS) is 11.6. The van der Waals surface area contributed by atoms with Crippen LogP contribution in [0.5, 0.6) is 0 Å². The third-order valence-electron chi connectivity index (χ3n) is 3.38. The van der Waals surface area contributed by atoms with Gasteiger partial charge in [0.15, 0.2) is 0 Å². The molecule has 5 heteroatoms. The molecule has 1 N–H and O–H groups in total. The highest BCUT2D eigenvalue weighted by atomic mass is 16.6. The Morgan fingerprint density at radius 1 is 1.04 bits per heavy atom. The lowest BCUT2D eigenvalue weighted by molar-refractivity contribution is -0.146. The topological polar surface area (TPSA) is 64.6 Å². The van der Waals surface area contributed by atoms with Crippen LogP contribution >= 0.6 is 0 Å². The fourth-order valence-electron chi connectivity index (χ4n) is 2.16. The molecule has 1 atom stereocenters. The molecule has 0 aromatic heterocycles. The van der Waals surface area contributed by atoms with E-state index >= 15 is 0 Å². The number of esters is 1. The predicted molar refractivity (Wildman–Crippen MR) is 89.2 cm³/mol. The summed E-state index contributed by atoms with van der Waals surface area (Å²) >= 11 is 0. The van der Waals surface area contributed by atoms with E-state index in [1.165, 1.54) is 0 Å². The Bertz CT molecular complexity index is 461. The zero-order valence-corrected chi connectivity index (χ0v) is 14.0. The van der Waals surface area contributed by atoms with Gasteiger partial charge in [0.25, 0.3) is 0 Å². The lowest BCUT2D eigenvalue weighted by atomic mass is 10.1. The van der Waals surface area contributed by atoms with Crippen LogP contribution in [0, 0.1) is 0 Å². The summed E-state index contributed by atoms with van der Waals surface area (Å²) in [6.45, 7) is 4.49. The van der Waals surface area contributed by atoms with Crippen LogP contribution in [0.4, 0.5) is 4.79 Å². The van der Waals surface area contributed by atoms with E-state index in [1.54, 1.807) is 6.92 Å². The van der Waals surface area contributed by atoms with E-state index in [0.29, 0.717) is 13.0 Å². The van der Waals surface area contributed by atoms with E-state index in [0.717, 1.165) is 31.2 Å². The van der Waals surface area contributed by atoms with Gasteiger partial charge in [-0.3, -0.25) is 0 Å². The first-order chi connectivity index (χ1) is 11.2. The number of carbonyl (C=O) groups excluding carboxylic acids is 2. The molecule has 0 aliphatic rings. The van der Waals surface area contributed by atoms with E-state index in [2.05, 4.69) is 12.2 Å². The largest absolute Gasteiger partial charge is 0.464 e. The van der Waals surface area contributed by atoms with Crippen LogP contribution < -0.4 is 5.32 Å². The number of alkyl carbamates (subject to hydrolysis) is 1. The molecule has 0 heterocycles. The van der Waals surface area contributed by atoms with Crippen molar-refractivity contribution >= 4 is 12.1 Å². The summed E-state index contributed by atoms with van der Waals surface area (Å²) in [5, 5.41) is 2.58. The molecule has 0 fully saturated rings. The van der Waals surface area contributed by atoms with Crippen molar-refractivity contribution in [1.82, 2.24) is 5.32 Å². The van der Waals surface area contributed by atoms with Crippen molar-refractivity contribution in [3.63, 3.8) is 0 Å². The van der Waals surface area contributed by atoms with Crippen LogP contribution in [0.25, 0.3) is 0 Å². The summed E-state index contributed by atoms with van der Waals surface area (Å²) in [6, 6.07) is 8.79. The Morgan fingerprint density at radius 3 is 2.43 bits per heavy atom. The highest BCUT2D eigenvalue weighted by Gasteiger charge is 2.23. The van der Waals surface area contributed by atoms with Gasteiger partial charge in [-0.05, 0) is 18.9 Å². The molecule has 1 amide bonds. The number of hydrogen-bond donors (Lipinski definition) is 1. The molecule has 23 heavy (non-hydrogen) atoms. The zero-order chi connectivity index (χ0) is 16.9.